The van der Waals surface area contributed by atoms with Crippen molar-refractivity contribution in [3.8, 4) is 6.07 Å². The molecule has 0 aliphatic heterocycles. The molecule has 0 saturated heterocycles. The van der Waals surface area contributed by atoms with E-state index >= 15 is 0 Å². The van der Waals surface area contributed by atoms with Gasteiger partial charge in [0.05, 0.1) is 12.1 Å². The zero-order valence-electron chi connectivity index (χ0n) is 10.5. The number of ether oxygens (including phenoxy) is 1. The van der Waals surface area contributed by atoms with Gasteiger partial charge in [-0.3, -0.25) is 0 Å². The average Bonchev–Trinajstić information content (AvgIpc) is 2.35. The second kappa shape index (κ2) is 6.36. The highest BCUT2D eigenvalue weighted by Crippen LogP contribution is 2.10. The molecule has 5 heteroatoms. The van der Waals surface area contributed by atoms with E-state index in [9.17, 15) is 14.7 Å². The third-order valence-corrected chi connectivity index (χ3v) is 2.14. The molecule has 0 aliphatic rings. The van der Waals surface area contributed by atoms with Crippen LogP contribution in [0.2, 0.25) is 0 Å². The van der Waals surface area contributed by atoms with Gasteiger partial charge < -0.3 is 14.6 Å². The molecule has 0 N–H and O–H groups in total. The molecule has 98 valence electrons. The van der Waals surface area contributed by atoms with Crippen LogP contribution in [-0.4, -0.2) is 18.0 Å². The summed E-state index contributed by atoms with van der Waals surface area (Å²) in [5.41, 5.74) is 0.414. The molecule has 19 heavy (non-hydrogen) atoms. The second-order valence-corrected chi connectivity index (χ2v) is 4.03. The predicted molar refractivity (Wildman–Crippen MR) is 65.6 cm³/mol. The topological polar surface area (TPSA) is 90.2 Å². The van der Waals surface area contributed by atoms with Crippen molar-refractivity contribution in [1.82, 2.24) is 0 Å². The summed E-state index contributed by atoms with van der Waals surface area (Å²) in [7, 11) is 0. The number of nitriles is 1. The Morgan fingerprint density at radius 3 is 2.32 bits per heavy atom. The summed E-state index contributed by atoms with van der Waals surface area (Å²) < 4.78 is 4.90. The first-order chi connectivity index (χ1) is 8.93. The number of benzene rings is 1. The van der Waals surface area contributed by atoms with E-state index in [0.717, 1.165) is 0 Å². The Hall–Kier alpha value is -2.61. The van der Waals surface area contributed by atoms with Gasteiger partial charge in [0.15, 0.2) is 0 Å². The standard InChI is InChI=1S/C14H13NO4/c1-9(2)19-14(18)12(8-15)7-10-3-5-11(6-4-10)13(16)17/h3-7,9H,1-2H3,(H,16,17)/p-1/b12-7+. The van der Waals surface area contributed by atoms with Crippen LogP contribution in [0.4, 0.5) is 0 Å². The van der Waals surface area contributed by atoms with Gasteiger partial charge in [0.1, 0.15) is 11.6 Å². The normalized spacial score (nSPS) is 10.9. The van der Waals surface area contributed by atoms with E-state index in [-0.39, 0.29) is 17.2 Å². The van der Waals surface area contributed by atoms with Crippen LogP contribution in [0.15, 0.2) is 29.8 Å². The minimum Gasteiger partial charge on any atom is -0.545 e. The maximum Gasteiger partial charge on any atom is 0.349 e. The highest BCUT2D eigenvalue weighted by molar-refractivity contribution is 5.98. The Morgan fingerprint density at radius 2 is 1.89 bits per heavy atom. The molecule has 0 atom stereocenters. The Kier molecular flexibility index (Phi) is 4.84. The summed E-state index contributed by atoms with van der Waals surface area (Å²) in [4.78, 5) is 22.1. The first kappa shape index (κ1) is 14.5. The average molecular weight is 258 g/mol. The minimum absolute atomic E-state index is 0.0282. The number of carboxylic acid groups (broad SMARTS) is 1. The second-order valence-electron chi connectivity index (χ2n) is 4.03. The van der Waals surface area contributed by atoms with Crippen LogP contribution in [0.3, 0.4) is 0 Å². The number of aromatic carboxylic acids is 1. The smallest absolute Gasteiger partial charge is 0.349 e. The molecular formula is C14H12NO4-. The van der Waals surface area contributed by atoms with E-state index in [1.807, 2.05) is 0 Å². The lowest BCUT2D eigenvalue weighted by atomic mass is 10.1. The van der Waals surface area contributed by atoms with Gasteiger partial charge in [0, 0.05) is 0 Å². The molecule has 0 aromatic heterocycles. The lowest BCUT2D eigenvalue weighted by Crippen LogP contribution is -2.21. The zero-order chi connectivity index (χ0) is 14.4. The van der Waals surface area contributed by atoms with Crippen LogP contribution in [0.25, 0.3) is 6.08 Å². The molecule has 1 aromatic carbocycles. The van der Waals surface area contributed by atoms with Gasteiger partial charge in [-0.2, -0.15) is 5.26 Å². The highest BCUT2D eigenvalue weighted by Gasteiger charge is 2.12. The van der Waals surface area contributed by atoms with Crippen molar-refractivity contribution < 1.29 is 19.4 Å². The molecular weight excluding hydrogens is 246 g/mol. The number of carboxylic acids is 1. The van der Waals surface area contributed by atoms with E-state index in [4.69, 9.17) is 10.00 Å². The summed E-state index contributed by atoms with van der Waals surface area (Å²) in [6.45, 7) is 3.36. The van der Waals surface area contributed by atoms with Crippen LogP contribution in [-0.2, 0) is 9.53 Å². The fourth-order valence-corrected chi connectivity index (χ4v) is 1.30. The Labute approximate surface area is 110 Å². The van der Waals surface area contributed by atoms with Crippen molar-refractivity contribution in [3.63, 3.8) is 0 Å². The lowest BCUT2D eigenvalue weighted by molar-refractivity contribution is -0.255. The van der Waals surface area contributed by atoms with Gasteiger partial charge in [-0.15, -0.1) is 0 Å². The van der Waals surface area contributed by atoms with Gasteiger partial charge in [-0.1, -0.05) is 24.3 Å². The maximum atomic E-state index is 11.5. The molecule has 0 heterocycles. The summed E-state index contributed by atoms with van der Waals surface area (Å²) in [5.74, 6) is -1.99. The number of hydrogen-bond donors (Lipinski definition) is 0. The molecule has 1 rings (SSSR count). The molecule has 0 fully saturated rings. The van der Waals surface area contributed by atoms with Crippen molar-refractivity contribution >= 4 is 18.0 Å². The number of rotatable bonds is 4. The van der Waals surface area contributed by atoms with Gasteiger partial charge in [0.2, 0.25) is 0 Å². The third kappa shape index (κ3) is 4.28. The van der Waals surface area contributed by atoms with E-state index in [2.05, 4.69) is 0 Å². The summed E-state index contributed by atoms with van der Waals surface area (Å²) in [5, 5.41) is 19.5. The summed E-state index contributed by atoms with van der Waals surface area (Å²) >= 11 is 0. The molecule has 0 unspecified atom stereocenters. The van der Waals surface area contributed by atoms with E-state index < -0.39 is 11.9 Å². The molecule has 0 amide bonds. The number of hydrogen-bond acceptors (Lipinski definition) is 5. The third-order valence-electron chi connectivity index (χ3n) is 2.14. The van der Waals surface area contributed by atoms with Crippen molar-refractivity contribution in [2.24, 2.45) is 0 Å². The zero-order valence-corrected chi connectivity index (χ0v) is 10.5. The van der Waals surface area contributed by atoms with Crippen molar-refractivity contribution in [2.75, 3.05) is 0 Å². The lowest BCUT2D eigenvalue weighted by Gasteiger charge is -2.06. The first-order valence-electron chi connectivity index (χ1n) is 5.58. The largest absolute Gasteiger partial charge is 0.545 e. The Bertz CT molecular complexity index is 550. The fourth-order valence-electron chi connectivity index (χ4n) is 1.30. The summed E-state index contributed by atoms with van der Waals surface area (Å²) in [6.07, 6.45) is 1.02. The van der Waals surface area contributed by atoms with Gasteiger partial charge in [0.25, 0.3) is 0 Å². The molecule has 1 aromatic rings. The number of nitrogens with zero attached hydrogens (tertiary/aromatic N) is 1. The molecule has 5 nitrogen and oxygen atoms in total. The molecule has 0 radical (unpaired) electrons. The maximum absolute atomic E-state index is 11.5. The van der Waals surface area contributed by atoms with Gasteiger partial charge >= 0.3 is 5.97 Å². The predicted octanol–water partition coefficient (Wildman–Crippen LogP) is 0.909. The van der Waals surface area contributed by atoms with Crippen molar-refractivity contribution in [1.29, 1.82) is 5.26 Å². The number of esters is 1. The SMILES string of the molecule is CC(C)OC(=O)/C(C#N)=C/c1ccc(C(=O)[O-])cc1. The number of carbonyl (C=O) groups is 2. The monoisotopic (exact) mass is 258 g/mol. The van der Waals surface area contributed by atoms with Crippen LogP contribution < -0.4 is 5.11 Å². The highest BCUT2D eigenvalue weighted by atomic mass is 16.5. The van der Waals surface area contributed by atoms with Gasteiger partial charge in [-0.25, -0.2) is 4.79 Å². The Morgan fingerprint density at radius 1 is 1.32 bits per heavy atom. The van der Waals surface area contributed by atoms with Crippen LogP contribution in [0.5, 0.6) is 0 Å². The first-order valence-corrected chi connectivity index (χ1v) is 5.58. The van der Waals surface area contributed by atoms with E-state index in [0.29, 0.717) is 5.56 Å². The van der Waals surface area contributed by atoms with Crippen LogP contribution in [0, 0.1) is 11.3 Å². The fraction of sp³-hybridized carbons (Fsp3) is 0.214. The molecule has 0 spiro atoms. The summed E-state index contributed by atoms with van der Waals surface area (Å²) in [6, 6.07) is 7.38. The molecule has 0 bridgehead atoms. The van der Waals surface area contributed by atoms with Crippen LogP contribution in [0.1, 0.15) is 29.8 Å². The molecule has 0 aliphatic carbocycles. The molecule has 0 saturated carbocycles. The van der Waals surface area contributed by atoms with Crippen molar-refractivity contribution in [3.05, 3.63) is 41.0 Å². The van der Waals surface area contributed by atoms with E-state index in [1.165, 1.54) is 30.3 Å². The minimum atomic E-state index is -1.28. The quantitative estimate of drug-likeness (QED) is 0.455. The van der Waals surface area contributed by atoms with Gasteiger partial charge in [-0.05, 0) is 31.1 Å². The Balaban J connectivity index is 2.95. The van der Waals surface area contributed by atoms with E-state index in [1.54, 1.807) is 19.9 Å². The van der Waals surface area contributed by atoms with Crippen molar-refractivity contribution in [2.45, 2.75) is 20.0 Å². The van der Waals surface area contributed by atoms with Crippen LogP contribution >= 0.6 is 0 Å². The number of carbonyl (C=O) groups excluding carboxylic acids is 2.